The summed E-state index contributed by atoms with van der Waals surface area (Å²) in [5.41, 5.74) is 0.802. The highest BCUT2D eigenvalue weighted by atomic mass is 16.7. The lowest BCUT2D eigenvalue weighted by molar-refractivity contribution is -0.137. The van der Waals surface area contributed by atoms with Gasteiger partial charge in [0.2, 0.25) is 0 Å². The highest BCUT2D eigenvalue weighted by Crippen LogP contribution is 2.21. The van der Waals surface area contributed by atoms with Crippen molar-refractivity contribution in [2.75, 3.05) is 31.1 Å². The number of hydrogen-bond donors (Lipinski definition) is 0. The van der Waals surface area contributed by atoms with E-state index in [1.165, 1.54) is 5.06 Å². The maximum Gasteiger partial charge on any atom is 0.434 e. The fourth-order valence-corrected chi connectivity index (χ4v) is 2.09. The molecule has 1 aliphatic heterocycles. The van der Waals surface area contributed by atoms with Crippen LogP contribution in [0.1, 0.15) is 20.8 Å². The molecule has 120 valence electrons. The predicted molar refractivity (Wildman–Crippen MR) is 83.0 cm³/mol. The van der Waals surface area contributed by atoms with Gasteiger partial charge in [-0.25, -0.2) is 4.79 Å². The third-order valence-corrected chi connectivity index (χ3v) is 3.10. The van der Waals surface area contributed by atoms with Crippen LogP contribution in [-0.4, -0.2) is 43.0 Å². The quantitative estimate of drug-likeness (QED) is 0.785. The number of carbonyl (C=O) groups is 1. The minimum Gasteiger partial charge on any atom is -0.442 e. The molecule has 7 nitrogen and oxygen atoms in total. The molecule has 1 amide bonds. The van der Waals surface area contributed by atoms with E-state index in [0.29, 0.717) is 31.9 Å². The summed E-state index contributed by atoms with van der Waals surface area (Å²) in [5.74, 6) is 0. The van der Waals surface area contributed by atoms with E-state index >= 15 is 0 Å². The topological polar surface area (TPSA) is 71.4 Å². The van der Waals surface area contributed by atoms with Crippen LogP contribution in [0.2, 0.25) is 0 Å². The Kier molecular flexibility index (Phi) is 4.97. The van der Waals surface area contributed by atoms with Crippen LogP contribution in [0.5, 0.6) is 0 Å². The standard InChI is InChI=1S/C15H21N3O4/c1-15(2,3)22-14(19)18-9-8-17(10-11-21-18)13-6-4-12(16-20)5-7-13/h4-7H,8-11H2,1-3H3. The summed E-state index contributed by atoms with van der Waals surface area (Å²) >= 11 is 0. The van der Waals surface area contributed by atoms with Gasteiger partial charge in [-0.15, -0.1) is 4.91 Å². The molecule has 1 aliphatic rings. The van der Waals surface area contributed by atoms with Crippen LogP contribution in [0, 0.1) is 4.91 Å². The average molecular weight is 307 g/mol. The summed E-state index contributed by atoms with van der Waals surface area (Å²) in [7, 11) is 0. The van der Waals surface area contributed by atoms with Gasteiger partial charge in [-0.3, -0.25) is 4.84 Å². The fourth-order valence-electron chi connectivity index (χ4n) is 2.09. The summed E-state index contributed by atoms with van der Waals surface area (Å²) < 4.78 is 5.30. The van der Waals surface area contributed by atoms with Gasteiger partial charge in [-0.2, -0.15) is 5.06 Å². The molecule has 1 aromatic carbocycles. The molecule has 1 saturated heterocycles. The van der Waals surface area contributed by atoms with Crippen LogP contribution in [0.4, 0.5) is 16.2 Å². The molecule has 22 heavy (non-hydrogen) atoms. The van der Waals surface area contributed by atoms with E-state index in [-0.39, 0.29) is 0 Å². The SMILES string of the molecule is CC(C)(C)OC(=O)N1CCN(c2ccc(N=O)cc2)CCO1. The molecule has 0 aromatic heterocycles. The molecule has 0 aliphatic carbocycles. The summed E-state index contributed by atoms with van der Waals surface area (Å²) in [5, 5.41) is 4.14. The first-order valence-corrected chi connectivity index (χ1v) is 7.21. The summed E-state index contributed by atoms with van der Waals surface area (Å²) in [6.45, 7) is 7.50. The second-order valence-electron chi connectivity index (χ2n) is 6.01. The molecule has 0 spiro atoms. The van der Waals surface area contributed by atoms with Crippen molar-refractivity contribution >= 4 is 17.5 Å². The summed E-state index contributed by atoms with van der Waals surface area (Å²) in [6, 6.07) is 7.00. The lowest BCUT2D eigenvalue weighted by Crippen LogP contribution is -2.38. The maximum absolute atomic E-state index is 12.0. The molecule has 0 bridgehead atoms. The van der Waals surface area contributed by atoms with Crippen LogP contribution in [0.3, 0.4) is 0 Å². The zero-order valence-electron chi connectivity index (χ0n) is 13.1. The van der Waals surface area contributed by atoms with Crippen molar-refractivity contribution in [1.29, 1.82) is 0 Å². The Balaban J connectivity index is 1.97. The molecular formula is C15H21N3O4. The number of nitroso groups, excluding NO2 is 1. The van der Waals surface area contributed by atoms with Crippen molar-refractivity contribution in [1.82, 2.24) is 5.06 Å². The zero-order chi connectivity index (χ0) is 16.2. The summed E-state index contributed by atoms with van der Waals surface area (Å²) in [6.07, 6.45) is -0.477. The number of nitrogens with zero attached hydrogens (tertiary/aromatic N) is 3. The van der Waals surface area contributed by atoms with Crippen LogP contribution in [0.15, 0.2) is 29.4 Å². The Morgan fingerprint density at radius 3 is 2.45 bits per heavy atom. The molecule has 0 radical (unpaired) electrons. The molecule has 0 N–H and O–H groups in total. The van der Waals surface area contributed by atoms with E-state index < -0.39 is 11.7 Å². The molecule has 7 heteroatoms. The molecule has 2 rings (SSSR count). The number of hydrogen-bond acceptors (Lipinski definition) is 6. The second-order valence-corrected chi connectivity index (χ2v) is 6.01. The first-order chi connectivity index (χ1) is 10.4. The Morgan fingerprint density at radius 1 is 1.18 bits per heavy atom. The molecule has 1 fully saturated rings. The number of benzene rings is 1. The van der Waals surface area contributed by atoms with Crippen LogP contribution in [0.25, 0.3) is 0 Å². The second kappa shape index (κ2) is 6.74. The highest BCUT2D eigenvalue weighted by Gasteiger charge is 2.25. The van der Waals surface area contributed by atoms with Gasteiger partial charge in [0.15, 0.2) is 0 Å². The van der Waals surface area contributed by atoms with Crippen LogP contribution < -0.4 is 4.90 Å². The third kappa shape index (κ3) is 4.42. The maximum atomic E-state index is 12.0. The number of hydroxylamine groups is 2. The van der Waals surface area contributed by atoms with Crippen LogP contribution in [-0.2, 0) is 9.57 Å². The van der Waals surface area contributed by atoms with Gasteiger partial charge in [0.05, 0.1) is 13.2 Å². The Morgan fingerprint density at radius 2 is 1.86 bits per heavy atom. The molecule has 1 heterocycles. The molecule has 0 saturated carbocycles. The number of rotatable bonds is 2. The van der Waals surface area contributed by atoms with E-state index in [2.05, 4.69) is 10.1 Å². The predicted octanol–water partition coefficient (Wildman–Crippen LogP) is 3.07. The van der Waals surface area contributed by atoms with Gasteiger partial charge in [0.25, 0.3) is 0 Å². The minimum atomic E-state index is -0.551. The van der Waals surface area contributed by atoms with Gasteiger partial charge in [-0.05, 0) is 50.2 Å². The number of amides is 1. The van der Waals surface area contributed by atoms with E-state index in [4.69, 9.17) is 9.57 Å². The van der Waals surface area contributed by atoms with Gasteiger partial charge in [0, 0.05) is 18.8 Å². The zero-order valence-corrected chi connectivity index (χ0v) is 13.1. The monoisotopic (exact) mass is 307 g/mol. The van der Waals surface area contributed by atoms with Gasteiger partial charge < -0.3 is 9.64 Å². The van der Waals surface area contributed by atoms with E-state index in [1.54, 1.807) is 12.1 Å². The van der Waals surface area contributed by atoms with E-state index in [9.17, 15) is 9.70 Å². The molecule has 0 unspecified atom stereocenters. The van der Waals surface area contributed by atoms with Crippen molar-refractivity contribution in [3.8, 4) is 0 Å². The van der Waals surface area contributed by atoms with Crippen molar-refractivity contribution < 1.29 is 14.4 Å². The van der Waals surface area contributed by atoms with Gasteiger partial charge >= 0.3 is 6.09 Å². The van der Waals surface area contributed by atoms with Crippen LogP contribution >= 0.6 is 0 Å². The Hall–Kier alpha value is -2.15. The number of anilines is 1. The van der Waals surface area contributed by atoms with Crippen molar-refractivity contribution in [3.05, 3.63) is 29.2 Å². The van der Waals surface area contributed by atoms with E-state index in [1.807, 2.05) is 32.9 Å². The Bertz CT molecular complexity index is 525. The third-order valence-electron chi connectivity index (χ3n) is 3.10. The number of carbonyl (C=O) groups excluding carboxylic acids is 1. The fraction of sp³-hybridized carbons (Fsp3) is 0.533. The smallest absolute Gasteiger partial charge is 0.434 e. The first kappa shape index (κ1) is 16.2. The summed E-state index contributed by atoms with van der Waals surface area (Å²) in [4.78, 5) is 30.0. The molecule has 1 aromatic rings. The largest absolute Gasteiger partial charge is 0.442 e. The Labute approximate surface area is 129 Å². The molecular weight excluding hydrogens is 286 g/mol. The highest BCUT2D eigenvalue weighted by molar-refractivity contribution is 5.67. The lowest BCUT2D eigenvalue weighted by atomic mass is 10.2. The normalized spacial score (nSPS) is 16.1. The minimum absolute atomic E-state index is 0.382. The average Bonchev–Trinajstić information content (AvgIpc) is 2.71. The van der Waals surface area contributed by atoms with Gasteiger partial charge in [-0.1, -0.05) is 0 Å². The van der Waals surface area contributed by atoms with Crippen molar-refractivity contribution in [2.24, 2.45) is 5.18 Å². The number of ether oxygens (including phenoxy) is 1. The molecule has 0 atom stereocenters. The van der Waals surface area contributed by atoms with Crippen molar-refractivity contribution in [3.63, 3.8) is 0 Å². The van der Waals surface area contributed by atoms with Crippen molar-refractivity contribution in [2.45, 2.75) is 26.4 Å². The van der Waals surface area contributed by atoms with E-state index in [0.717, 1.165) is 5.69 Å². The first-order valence-electron chi connectivity index (χ1n) is 7.21. The lowest BCUT2D eigenvalue weighted by Gasteiger charge is -2.25. The van der Waals surface area contributed by atoms with Gasteiger partial charge in [0.1, 0.15) is 11.3 Å².